The van der Waals surface area contributed by atoms with Crippen LogP contribution in [0.2, 0.25) is 0 Å². The van der Waals surface area contributed by atoms with Crippen molar-refractivity contribution in [3.05, 3.63) is 36.1 Å². The maximum absolute atomic E-state index is 5.94. The molecule has 108 valence electrons. The number of hydrogen-bond donors (Lipinski definition) is 1. The molecule has 1 heterocycles. The monoisotopic (exact) mass is 273 g/mol. The fourth-order valence-corrected chi connectivity index (χ4v) is 3.19. The molecule has 1 aromatic heterocycles. The number of ether oxygens (including phenoxy) is 1. The van der Waals surface area contributed by atoms with Gasteiger partial charge in [-0.15, -0.1) is 0 Å². The highest BCUT2D eigenvalue weighted by Gasteiger charge is 2.26. The van der Waals surface area contributed by atoms with Crippen molar-refractivity contribution < 1.29 is 9.15 Å². The van der Waals surface area contributed by atoms with Gasteiger partial charge in [-0.05, 0) is 31.9 Å². The Morgan fingerprint density at radius 1 is 1.25 bits per heavy atom. The second-order valence-corrected chi connectivity index (χ2v) is 5.74. The minimum absolute atomic E-state index is 0.211. The molecular weight excluding hydrogens is 250 g/mol. The second kappa shape index (κ2) is 5.98. The lowest BCUT2D eigenvalue weighted by atomic mass is 9.92. The number of rotatable bonds is 4. The quantitative estimate of drug-likeness (QED) is 0.913. The maximum atomic E-state index is 5.94. The van der Waals surface area contributed by atoms with E-state index in [0.29, 0.717) is 12.1 Å². The number of benzene rings is 1. The standard InChI is InChI=1S/C17H23NO2/c1-12(18-14-8-4-6-10-16(14)19-2)17-11-13-7-3-5-9-15(13)20-17/h3,5,7,9,11-12,14,16,18H,4,6,8,10H2,1-2H3. The Morgan fingerprint density at radius 3 is 2.85 bits per heavy atom. The number of nitrogens with one attached hydrogen (secondary N) is 1. The summed E-state index contributed by atoms with van der Waals surface area (Å²) in [6, 6.07) is 10.9. The molecule has 0 bridgehead atoms. The van der Waals surface area contributed by atoms with E-state index in [-0.39, 0.29) is 6.04 Å². The van der Waals surface area contributed by atoms with Gasteiger partial charge in [-0.2, -0.15) is 0 Å². The summed E-state index contributed by atoms with van der Waals surface area (Å²) in [5.41, 5.74) is 0.961. The Kier molecular flexibility index (Phi) is 4.08. The van der Waals surface area contributed by atoms with E-state index in [9.17, 15) is 0 Å². The third kappa shape index (κ3) is 2.74. The van der Waals surface area contributed by atoms with Crippen molar-refractivity contribution in [2.45, 2.75) is 50.8 Å². The topological polar surface area (TPSA) is 34.4 Å². The van der Waals surface area contributed by atoms with Crippen LogP contribution < -0.4 is 5.32 Å². The van der Waals surface area contributed by atoms with Crippen molar-refractivity contribution in [1.82, 2.24) is 5.32 Å². The number of fused-ring (bicyclic) bond motifs is 1. The van der Waals surface area contributed by atoms with Crippen molar-refractivity contribution in [1.29, 1.82) is 0 Å². The van der Waals surface area contributed by atoms with E-state index in [4.69, 9.17) is 9.15 Å². The molecule has 3 atom stereocenters. The van der Waals surface area contributed by atoms with Crippen LogP contribution >= 0.6 is 0 Å². The zero-order valence-corrected chi connectivity index (χ0v) is 12.3. The molecule has 2 aromatic rings. The normalized spacial score (nSPS) is 24.9. The molecule has 1 aliphatic rings. The Bertz CT molecular complexity index is 530. The Balaban J connectivity index is 1.73. The third-order valence-corrected chi connectivity index (χ3v) is 4.34. The number of methoxy groups -OCH3 is 1. The maximum Gasteiger partial charge on any atom is 0.134 e. The van der Waals surface area contributed by atoms with Gasteiger partial charge in [0, 0.05) is 18.5 Å². The first kappa shape index (κ1) is 13.7. The van der Waals surface area contributed by atoms with Gasteiger partial charge in [0.25, 0.3) is 0 Å². The van der Waals surface area contributed by atoms with Crippen LogP contribution in [-0.4, -0.2) is 19.3 Å². The smallest absolute Gasteiger partial charge is 0.134 e. The van der Waals surface area contributed by atoms with Crippen LogP contribution in [-0.2, 0) is 4.74 Å². The molecular formula is C17H23NO2. The van der Waals surface area contributed by atoms with Gasteiger partial charge in [-0.1, -0.05) is 31.0 Å². The van der Waals surface area contributed by atoms with E-state index in [0.717, 1.165) is 17.8 Å². The van der Waals surface area contributed by atoms with Gasteiger partial charge in [0.15, 0.2) is 0 Å². The highest BCUT2D eigenvalue weighted by molar-refractivity contribution is 5.77. The lowest BCUT2D eigenvalue weighted by molar-refractivity contribution is 0.0375. The molecule has 1 N–H and O–H groups in total. The third-order valence-electron chi connectivity index (χ3n) is 4.34. The van der Waals surface area contributed by atoms with Gasteiger partial charge >= 0.3 is 0 Å². The van der Waals surface area contributed by atoms with Crippen LogP contribution in [0, 0.1) is 0 Å². The molecule has 1 aromatic carbocycles. The average molecular weight is 273 g/mol. The van der Waals surface area contributed by atoms with Gasteiger partial charge in [0.1, 0.15) is 11.3 Å². The van der Waals surface area contributed by atoms with Crippen molar-refractivity contribution >= 4 is 11.0 Å². The van der Waals surface area contributed by atoms with Crippen LogP contribution in [0.15, 0.2) is 34.7 Å². The fraction of sp³-hybridized carbons (Fsp3) is 0.529. The number of hydrogen-bond acceptors (Lipinski definition) is 3. The first-order valence-electron chi connectivity index (χ1n) is 7.55. The summed E-state index contributed by atoms with van der Waals surface area (Å²) in [5.74, 6) is 1.01. The molecule has 1 aliphatic carbocycles. The minimum atomic E-state index is 0.211. The Labute approximate surface area is 120 Å². The van der Waals surface area contributed by atoms with Crippen molar-refractivity contribution in [2.24, 2.45) is 0 Å². The van der Waals surface area contributed by atoms with Gasteiger partial charge in [-0.3, -0.25) is 0 Å². The van der Waals surface area contributed by atoms with Crippen LogP contribution in [0.5, 0.6) is 0 Å². The Hall–Kier alpha value is -1.32. The van der Waals surface area contributed by atoms with Crippen molar-refractivity contribution in [3.8, 4) is 0 Å². The summed E-state index contributed by atoms with van der Waals surface area (Å²) >= 11 is 0. The molecule has 3 heteroatoms. The highest BCUT2D eigenvalue weighted by Crippen LogP contribution is 2.27. The SMILES string of the molecule is COC1CCCCC1NC(C)c1cc2ccccc2o1. The highest BCUT2D eigenvalue weighted by atomic mass is 16.5. The fourth-order valence-electron chi connectivity index (χ4n) is 3.19. The number of para-hydroxylation sites is 1. The van der Waals surface area contributed by atoms with E-state index in [1.807, 2.05) is 25.3 Å². The molecule has 0 spiro atoms. The predicted octanol–water partition coefficient (Wildman–Crippen LogP) is 4.04. The largest absolute Gasteiger partial charge is 0.459 e. The predicted molar refractivity (Wildman–Crippen MR) is 80.8 cm³/mol. The first-order valence-corrected chi connectivity index (χ1v) is 7.55. The summed E-state index contributed by atoms with van der Waals surface area (Å²) in [7, 11) is 1.82. The lowest BCUT2D eigenvalue weighted by Gasteiger charge is -2.32. The van der Waals surface area contributed by atoms with E-state index in [1.54, 1.807) is 0 Å². The second-order valence-electron chi connectivity index (χ2n) is 5.74. The van der Waals surface area contributed by atoms with Gasteiger partial charge in [0.2, 0.25) is 0 Å². The van der Waals surface area contributed by atoms with Gasteiger partial charge in [0.05, 0.1) is 12.1 Å². The molecule has 0 aliphatic heterocycles. The zero-order valence-electron chi connectivity index (χ0n) is 12.3. The van der Waals surface area contributed by atoms with Crippen LogP contribution in [0.3, 0.4) is 0 Å². The average Bonchev–Trinajstić information content (AvgIpc) is 2.92. The van der Waals surface area contributed by atoms with Crippen LogP contribution in [0.4, 0.5) is 0 Å². The van der Waals surface area contributed by atoms with Gasteiger partial charge < -0.3 is 14.5 Å². The molecule has 1 fully saturated rings. The molecule has 3 rings (SSSR count). The Morgan fingerprint density at radius 2 is 2.05 bits per heavy atom. The summed E-state index contributed by atoms with van der Waals surface area (Å²) in [6.07, 6.45) is 5.22. The summed E-state index contributed by atoms with van der Waals surface area (Å²) in [6.45, 7) is 2.17. The molecule has 3 unspecified atom stereocenters. The molecule has 1 saturated carbocycles. The number of furan rings is 1. The van der Waals surface area contributed by atoms with E-state index >= 15 is 0 Å². The van der Waals surface area contributed by atoms with Gasteiger partial charge in [-0.25, -0.2) is 0 Å². The molecule has 0 amide bonds. The summed E-state index contributed by atoms with van der Waals surface area (Å²) in [5, 5.41) is 4.85. The minimum Gasteiger partial charge on any atom is -0.459 e. The zero-order chi connectivity index (χ0) is 13.9. The van der Waals surface area contributed by atoms with E-state index in [2.05, 4.69) is 24.4 Å². The van der Waals surface area contributed by atoms with Crippen molar-refractivity contribution in [3.63, 3.8) is 0 Å². The molecule has 0 saturated heterocycles. The first-order chi connectivity index (χ1) is 9.78. The molecule has 0 radical (unpaired) electrons. The summed E-state index contributed by atoms with van der Waals surface area (Å²) in [4.78, 5) is 0. The van der Waals surface area contributed by atoms with Crippen LogP contribution in [0.1, 0.15) is 44.4 Å². The van der Waals surface area contributed by atoms with Crippen molar-refractivity contribution in [2.75, 3.05) is 7.11 Å². The van der Waals surface area contributed by atoms with E-state index in [1.165, 1.54) is 24.6 Å². The molecule has 3 nitrogen and oxygen atoms in total. The van der Waals surface area contributed by atoms with E-state index < -0.39 is 0 Å². The lowest BCUT2D eigenvalue weighted by Crippen LogP contribution is -2.44. The molecule has 20 heavy (non-hydrogen) atoms. The summed E-state index contributed by atoms with van der Waals surface area (Å²) < 4.78 is 11.5. The van der Waals surface area contributed by atoms with Crippen LogP contribution in [0.25, 0.3) is 11.0 Å².